The molecule has 1 fully saturated rings. The number of unbranched alkanes of at least 4 members (excludes halogenated alkanes) is 1. The minimum absolute atomic E-state index is 0.0542. The van der Waals surface area contributed by atoms with E-state index in [0.717, 1.165) is 43.1 Å². The Morgan fingerprint density at radius 2 is 2.29 bits per heavy atom. The van der Waals surface area contributed by atoms with E-state index >= 15 is 0 Å². The zero-order valence-corrected chi connectivity index (χ0v) is 10.7. The third kappa shape index (κ3) is 3.21. The monoisotopic (exact) mass is 255 g/mol. The normalized spacial score (nSPS) is 15.1. The Bertz CT molecular complexity index is 401. The van der Waals surface area contributed by atoms with Crippen LogP contribution in [0.15, 0.2) is 5.16 Å². The molecule has 1 aliphatic carbocycles. The van der Waals surface area contributed by atoms with Gasteiger partial charge in [0.15, 0.2) is 5.16 Å². The summed E-state index contributed by atoms with van der Waals surface area (Å²) < 4.78 is 2.14. The Balaban J connectivity index is 2.09. The number of hydrogen-bond acceptors (Lipinski definition) is 4. The quantitative estimate of drug-likeness (QED) is 0.756. The number of aliphatic carboxylic acids is 1. The van der Waals surface area contributed by atoms with Crippen molar-refractivity contribution in [1.29, 1.82) is 0 Å². The molecule has 1 heterocycles. The Kier molecular flexibility index (Phi) is 4.04. The molecule has 0 amide bonds. The number of carbonyl (C=O) groups is 1. The van der Waals surface area contributed by atoms with Gasteiger partial charge in [-0.2, -0.15) is 0 Å². The first-order valence-corrected chi connectivity index (χ1v) is 6.99. The standard InChI is InChI=1S/C11H17N3O2S/c1-2-3-4-9-12-13-11(17-7-10(15)16)14(9)8-5-6-8/h8H,2-7H2,1H3,(H,15,16). The van der Waals surface area contributed by atoms with Crippen LogP contribution in [0.4, 0.5) is 0 Å². The van der Waals surface area contributed by atoms with E-state index in [-0.39, 0.29) is 5.75 Å². The number of carboxylic acids is 1. The van der Waals surface area contributed by atoms with Gasteiger partial charge in [-0.05, 0) is 19.3 Å². The van der Waals surface area contributed by atoms with Crippen molar-refractivity contribution >= 4 is 17.7 Å². The van der Waals surface area contributed by atoms with Crippen LogP contribution in [0.1, 0.15) is 44.5 Å². The Hall–Kier alpha value is -1.04. The molecule has 0 bridgehead atoms. The summed E-state index contributed by atoms with van der Waals surface area (Å²) in [6.45, 7) is 2.15. The predicted octanol–water partition coefficient (Wildman–Crippen LogP) is 2.13. The van der Waals surface area contributed by atoms with Crippen LogP contribution in [0.2, 0.25) is 0 Å². The highest BCUT2D eigenvalue weighted by atomic mass is 32.2. The lowest BCUT2D eigenvalue weighted by molar-refractivity contribution is -0.133. The maximum absolute atomic E-state index is 10.6. The molecule has 0 unspecified atom stereocenters. The molecule has 0 saturated heterocycles. The second-order valence-electron chi connectivity index (χ2n) is 4.29. The molecule has 1 saturated carbocycles. The van der Waals surface area contributed by atoms with E-state index in [1.54, 1.807) is 0 Å². The first kappa shape index (κ1) is 12.4. The van der Waals surface area contributed by atoms with Gasteiger partial charge in [0.05, 0.1) is 5.75 Å². The van der Waals surface area contributed by atoms with Gasteiger partial charge in [0.1, 0.15) is 5.82 Å². The molecular formula is C11H17N3O2S. The van der Waals surface area contributed by atoms with Gasteiger partial charge in [-0.15, -0.1) is 10.2 Å². The number of rotatable bonds is 7. The van der Waals surface area contributed by atoms with Crippen molar-refractivity contribution in [2.24, 2.45) is 0 Å². The van der Waals surface area contributed by atoms with Crippen LogP contribution >= 0.6 is 11.8 Å². The zero-order valence-electron chi connectivity index (χ0n) is 9.93. The third-order valence-corrected chi connectivity index (χ3v) is 3.65. The van der Waals surface area contributed by atoms with Crippen LogP contribution < -0.4 is 0 Å². The highest BCUT2D eigenvalue weighted by Gasteiger charge is 2.29. The molecule has 94 valence electrons. The lowest BCUT2D eigenvalue weighted by Gasteiger charge is -2.07. The molecule has 0 aromatic carbocycles. The van der Waals surface area contributed by atoms with Gasteiger partial charge in [0.25, 0.3) is 0 Å². The van der Waals surface area contributed by atoms with E-state index in [1.807, 2.05) is 0 Å². The molecule has 0 radical (unpaired) electrons. The summed E-state index contributed by atoms with van der Waals surface area (Å²) in [7, 11) is 0. The van der Waals surface area contributed by atoms with E-state index in [2.05, 4.69) is 21.7 Å². The van der Waals surface area contributed by atoms with Crippen LogP contribution in [0.25, 0.3) is 0 Å². The van der Waals surface area contributed by atoms with Crippen molar-refractivity contribution in [3.63, 3.8) is 0 Å². The summed E-state index contributed by atoms with van der Waals surface area (Å²) in [5.41, 5.74) is 0. The van der Waals surface area contributed by atoms with E-state index in [1.165, 1.54) is 11.8 Å². The van der Waals surface area contributed by atoms with Crippen molar-refractivity contribution in [2.75, 3.05) is 5.75 Å². The number of carboxylic acid groups (broad SMARTS) is 1. The number of aromatic nitrogens is 3. The van der Waals surface area contributed by atoms with E-state index in [0.29, 0.717) is 6.04 Å². The van der Waals surface area contributed by atoms with Crippen LogP contribution in [-0.4, -0.2) is 31.6 Å². The maximum Gasteiger partial charge on any atom is 0.313 e. The van der Waals surface area contributed by atoms with Gasteiger partial charge in [0, 0.05) is 12.5 Å². The predicted molar refractivity (Wildman–Crippen MR) is 65.3 cm³/mol. The molecule has 2 rings (SSSR count). The summed E-state index contributed by atoms with van der Waals surface area (Å²) >= 11 is 1.27. The van der Waals surface area contributed by atoms with Crippen molar-refractivity contribution in [3.05, 3.63) is 5.82 Å². The minimum Gasteiger partial charge on any atom is -0.481 e. The van der Waals surface area contributed by atoms with Gasteiger partial charge in [-0.1, -0.05) is 25.1 Å². The molecule has 1 N–H and O–H groups in total. The van der Waals surface area contributed by atoms with E-state index in [9.17, 15) is 4.79 Å². The summed E-state index contributed by atoms with van der Waals surface area (Å²) in [5.74, 6) is 0.260. The number of nitrogens with zero attached hydrogens (tertiary/aromatic N) is 3. The molecule has 1 aromatic heterocycles. The van der Waals surface area contributed by atoms with E-state index < -0.39 is 5.97 Å². The average Bonchev–Trinajstić information content (AvgIpc) is 3.05. The van der Waals surface area contributed by atoms with Crippen LogP contribution in [0, 0.1) is 0 Å². The molecule has 0 atom stereocenters. The van der Waals surface area contributed by atoms with Crippen molar-refractivity contribution in [1.82, 2.24) is 14.8 Å². The fourth-order valence-corrected chi connectivity index (χ4v) is 2.48. The maximum atomic E-state index is 10.6. The fraction of sp³-hybridized carbons (Fsp3) is 0.727. The smallest absolute Gasteiger partial charge is 0.313 e. The second-order valence-corrected chi connectivity index (χ2v) is 5.23. The largest absolute Gasteiger partial charge is 0.481 e. The van der Waals surface area contributed by atoms with Gasteiger partial charge < -0.3 is 9.67 Å². The summed E-state index contributed by atoms with van der Waals surface area (Å²) in [5, 5.41) is 17.8. The number of thioether (sulfide) groups is 1. The first-order valence-electron chi connectivity index (χ1n) is 6.00. The number of hydrogen-bond donors (Lipinski definition) is 1. The zero-order chi connectivity index (χ0) is 12.3. The Labute approximate surface area is 105 Å². The minimum atomic E-state index is -0.810. The van der Waals surface area contributed by atoms with E-state index in [4.69, 9.17) is 5.11 Å². The van der Waals surface area contributed by atoms with Gasteiger partial charge in [-0.3, -0.25) is 4.79 Å². The van der Waals surface area contributed by atoms with Gasteiger partial charge >= 0.3 is 5.97 Å². The van der Waals surface area contributed by atoms with Crippen LogP contribution in [-0.2, 0) is 11.2 Å². The van der Waals surface area contributed by atoms with Crippen molar-refractivity contribution < 1.29 is 9.90 Å². The molecule has 1 aliphatic rings. The summed E-state index contributed by atoms with van der Waals surface area (Å²) in [6.07, 6.45) is 5.51. The molecule has 0 spiro atoms. The van der Waals surface area contributed by atoms with Crippen LogP contribution in [0.5, 0.6) is 0 Å². The fourth-order valence-electron chi connectivity index (χ4n) is 1.74. The highest BCUT2D eigenvalue weighted by Crippen LogP contribution is 2.38. The molecule has 6 heteroatoms. The van der Waals surface area contributed by atoms with Gasteiger partial charge in [0.2, 0.25) is 0 Å². The molecular weight excluding hydrogens is 238 g/mol. The second kappa shape index (κ2) is 5.53. The SMILES string of the molecule is CCCCc1nnc(SCC(=O)O)n1C1CC1. The van der Waals surface area contributed by atoms with Crippen LogP contribution in [0.3, 0.4) is 0 Å². The Morgan fingerprint density at radius 1 is 1.53 bits per heavy atom. The lowest BCUT2D eigenvalue weighted by Crippen LogP contribution is -2.05. The topological polar surface area (TPSA) is 68.0 Å². The molecule has 1 aromatic rings. The highest BCUT2D eigenvalue weighted by molar-refractivity contribution is 7.99. The lowest BCUT2D eigenvalue weighted by atomic mass is 10.2. The van der Waals surface area contributed by atoms with Gasteiger partial charge in [-0.25, -0.2) is 0 Å². The molecule has 5 nitrogen and oxygen atoms in total. The summed E-state index contributed by atoms with van der Waals surface area (Å²) in [6, 6.07) is 0.508. The number of aryl methyl sites for hydroxylation is 1. The first-order chi connectivity index (χ1) is 8.22. The average molecular weight is 255 g/mol. The third-order valence-electron chi connectivity index (χ3n) is 2.73. The Morgan fingerprint density at radius 3 is 2.88 bits per heavy atom. The molecule has 17 heavy (non-hydrogen) atoms. The summed E-state index contributed by atoms with van der Waals surface area (Å²) in [4.78, 5) is 10.6. The van der Waals surface area contributed by atoms with Crippen molar-refractivity contribution in [3.8, 4) is 0 Å². The molecule has 0 aliphatic heterocycles. The van der Waals surface area contributed by atoms with Crippen molar-refractivity contribution in [2.45, 2.75) is 50.2 Å².